The molecule has 2 aromatic carbocycles. The molecule has 2 saturated heterocycles. The molecule has 2 heterocycles. The number of carboxylic acids is 1. The van der Waals surface area contributed by atoms with E-state index < -0.39 is 23.5 Å². The average Bonchev–Trinajstić information content (AvgIpc) is 3.40. The van der Waals surface area contributed by atoms with Crippen LogP contribution in [0.25, 0.3) is 11.1 Å². The zero-order chi connectivity index (χ0) is 24.6. The van der Waals surface area contributed by atoms with E-state index in [2.05, 4.69) is 29.6 Å². The molecule has 0 radical (unpaired) electrons. The normalized spacial score (nSPS) is 23.7. The number of hydrogen-bond donors (Lipinski definition) is 2. The molecular weight excluding hydrogens is 448 g/mol. The van der Waals surface area contributed by atoms with Crippen molar-refractivity contribution in [3.63, 3.8) is 0 Å². The van der Waals surface area contributed by atoms with Gasteiger partial charge in [-0.15, -0.1) is 0 Å². The van der Waals surface area contributed by atoms with Crippen LogP contribution in [-0.4, -0.2) is 66.9 Å². The Balaban J connectivity index is 1.15. The zero-order valence-electron chi connectivity index (χ0n) is 19.7. The molecule has 0 aromatic heterocycles. The van der Waals surface area contributed by atoms with E-state index in [1.54, 1.807) is 11.8 Å². The molecule has 2 aromatic rings. The molecule has 35 heavy (non-hydrogen) atoms. The number of hydrogen-bond acceptors (Lipinski definition) is 5. The Morgan fingerprint density at radius 1 is 1.14 bits per heavy atom. The van der Waals surface area contributed by atoms with E-state index in [0.29, 0.717) is 26.2 Å². The van der Waals surface area contributed by atoms with Crippen LogP contribution < -0.4 is 5.32 Å². The van der Waals surface area contributed by atoms with Gasteiger partial charge in [0.25, 0.3) is 0 Å². The number of nitrogens with zero attached hydrogens (tertiary/aromatic N) is 1. The molecular formula is C27H30N2O6. The summed E-state index contributed by atoms with van der Waals surface area (Å²) in [7, 11) is 0. The number of ether oxygens (including phenoxy) is 2. The van der Waals surface area contributed by atoms with Crippen molar-refractivity contribution < 1.29 is 29.0 Å². The molecule has 184 valence electrons. The highest BCUT2D eigenvalue weighted by Gasteiger charge is 2.54. The molecule has 2 fully saturated rings. The first kappa shape index (κ1) is 23.4. The fourth-order valence-electron chi connectivity index (χ4n) is 5.77. The lowest BCUT2D eigenvalue weighted by molar-refractivity contribution is -0.157. The van der Waals surface area contributed by atoms with Gasteiger partial charge in [-0.3, -0.25) is 9.59 Å². The third-order valence-corrected chi connectivity index (χ3v) is 7.67. The largest absolute Gasteiger partial charge is 0.481 e. The maximum absolute atomic E-state index is 12.9. The van der Waals surface area contributed by atoms with Crippen molar-refractivity contribution in [3.8, 4) is 11.1 Å². The number of alkyl carbamates (subject to hydrolysis) is 1. The number of benzene rings is 2. The number of nitrogens with one attached hydrogen (secondary N) is 1. The van der Waals surface area contributed by atoms with E-state index in [0.717, 1.165) is 22.3 Å². The molecule has 3 atom stereocenters. The first-order valence-electron chi connectivity index (χ1n) is 12.1. The Kier molecular flexibility index (Phi) is 6.23. The van der Waals surface area contributed by atoms with Crippen LogP contribution in [0.4, 0.5) is 4.79 Å². The number of carbonyl (C=O) groups excluding carboxylic acids is 2. The number of fused-ring (bicyclic) bond motifs is 4. The average molecular weight is 479 g/mol. The van der Waals surface area contributed by atoms with Gasteiger partial charge in [0.15, 0.2) is 0 Å². The Bertz CT molecular complexity index is 1100. The lowest BCUT2D eigenvalue weighted by Crippen LogP contribution is -2.45. The Morgan fingerprint density at radius 2 is 1.80 bits per heavy atom. The van der Waals surface area contributed by atoms with Gasteiger partial charge >= 0.3 is 12.1 Å². The van der Waals surface area contributed by atoms with E-state index in [1.165, 1.54) is 0 Å². The van der Waals surface area contributed by atoms with E-state index in [9.17, 15) is 19.5 Å². The minimum Gasteiger partial charge on any atom is -0.481 e. The first-order chi connectivity index (χ1) is 16.9. The summed E-state index contributed by atoms with van der Waals surface area (Å²) in [4.78, 5) is 39.0. The van der Waals surface area contributed by atoms with Crippen LogP contribution in [0.1, 0.15) is 36.8 Å². The van der Waals surface area contributed by atoms with E-state index in [1.807, 2.05) is 24.3 Å². The van der Waals surface area contributed by atoms with Crippen molar-refractivity contribution in [1.29, 1.82) is 0 Å². The molecule has 0 spiro atoms. The van der Waals surface area contributed by atoms with Gasteiger partial charge in [0.1, 0.15) is 6.61 Å². The summed E-state index contributed by atoms with van der Waals surface area (Å²) in [6, 6.07) is 15.8. The van der Waals surface area contributed by atoms with Gasteiger partial charge in [-0.2, -0.15) is 0 Å². The summed E-state index contributed by atoms with van der Waals surface area (Å²) in [5, 5.41) is 12.6. The van der Waals surface area contributed by atoms with Crippen molar-refractivity contribution in [2.24, 2.45) is 11.3 Å². The molecule has 8 heteroatoms. The van der Waals surface area contributed by atoms with E-state index >= 15 is 0 Å². The Labute approximate surface area is 204 Å². The van der Waals surface area contributed by atoms with Crippen LogP contribution >= 0.6 is 0 Å². The maximum atomic E-state index is 12.9. The van der Waals surface area contributed by atoms with Crippen molar-refractivity contribution in [2.75, 3.05) is 32.9 Å². The van der Waals surface area contributed by atoms with Crippen molar-refractivity contribution in [2.45, 2.75) is 31.7 Å². The van der Waals surface area contributed by atoms with Gasteiger partial charge in [0.05, 0.1) is 12.0 Å². The lowest BCUT2D eigenvalue weighted by Gasteiger charge is -2.33. The zero-order valence-corrected chi connectivity index (χ0v) is 19.7. The number of rotatable bonds is 6. The highest BCUT2D eigenvalue weighted by molar-refractivity contribution is 5.82. The molecule has 8 nitrogen and oxygen atoms in total. The summed E-state index contributed by atoms with van der Waals surface area (Å²) in [6.07, 6.45) is -0.0877. The van der Waals surface area contributed by atoms with Crippen LogP contribution in [0.15, 0.2) is 48.5 Å². The second-order valence-corrected chi connectivity index (χ2v) is 9.83. The number of amides is 2. The van der Waals surface area contributed by atoms with Crippen LogP contribution in [0.2, 0.25) is 0 Å². The van der Waals surface area contributed by atoms with Gasteiger partial charge in [-0.05, 0) is 35.6 Å². The number of carbonyl (C=O) groups is 3. The van der Waals surface area contributed by atoms with Crippen LogP contribution in [0.5, 0.6) is 0 Å². The summed E-state index contributed by atoms with van der Waals surface area (Å²) in [5.41, 5.74) is 3.66. The predicted molar refractivity (Wildman–Crippen MR) is 128 cm³/mol. The van der Waals surface area contributed by atoms with Gasteiger partial charge in [-0.25, -0.2) is 4.79 Å². The summed E-state index contributed by atoms with van der Waals surface area (Å²) >= 11 is 0. The molecule has 1 unspecified atom stereocenters. The maximum Gasteiger partial charge on any atom is 0.407 e. The van der Waals surface area contributed by atoms with Gasteiger partial charge in [0.2, 0.25) is 5.91 Å². The summed E-state index contributed by atoms with van der Waals surface area (Å²) < 4.78 is 11.0. The topological polar surface area (TPSA) is 105 Å². The van der Waals surface area contributed by atoms with Crippen molar-refractivity contribution >= 4 is 18.0 Å². The molecule has 3 aliphatic rings. The smallest absolute Gasteiger partial charge is 0.407 e. The number of carboxylic acid groups (broad SMARTS) is 1. The number of likely N-dealkylation sites (tertiary alicyclic amines) is 1. The predicted octanol–water partition coefficient (Wildman–Crippen LogP) is 3.25. The first-order valence-corrected chi connectivity index (χ1v) is 12.1. The minimum absolute atomic E-state index is 0.0348. The summed E-state index contributed by atoms with van der Waals surface area (Å²) in [6.45, 7) is 3.25. The highest BCUT2D eigenvalue weighted by atomic mass is 16.5. The van der Waals surface area contributed by atoms with Gasteiger partial charge in [-0.1, -0.05) is 48.5 Å². The van der Waals surface area contributed by atoms with Gasteiger partial charge in [0, 0.05) is 44.0 Å². The second kappa shape index (κ2) is 9.34. The van der Waals surface area contributed by atoms with Crippen LogP contribution in [0, 0.1) is 11.3 Å². The molecule has 5 rings (SSSR count). The fraction of sp³-hybridized carbons (Fsp3) is 0.444. The monoisotopic (exact) mass is 478 g/mol. The van der Waals surface area contributed by atoms with Gasteiger partial charge < -0.3 is 24.8 Å². The van der Waals surface area contributed by atoms with Crippen LogP contribution in [0.3, 0.4) is 0 Å². The van der Waals surface area contributed by atoms with E-state index in [-0.39, 0.29) is 37.3 Å². The highest BCUT2D eigenvalue weighted by Crippen LogP contribution is 2.45. The minimum atomic E-state index is -0.933. The molecule has 2 amide bonds. The summed E-state index contributed by atoms with van der Waals surface area (Å²) in [5.74, 6) is -1.28. The quantitative estimate of drug-likeness (QED) is 0.660. The third-order valence-electron chi connectivity index (χ3n) is 7.67. The Hall–Kier alpha value is -3.39. The van der Waals surface area contributed by atoms with E-state index in [4.69, 9.17) is 9.47 Å². The molecule has 2 aliphatic heterocycles. The molecule has 1 aliphatic carbocycles. The van der Waals surface area contributed by atoms with Crippen LogP contribution in [-0.2, 0) is 19.1 Å². The van der Waals surface area contributed by atoms with Crippen molar-refractivity contribution in [1.82, 2.24) is 10.2 Å². The van der Waals surface area contributed by atoms with Crippen molar-refractivity contribution in [3.05, 3.63) is 59.7 Å². The molecule has 0 saturated carbocycles. The lowest BCUT2D eigenvalue weighted by atomic mass is 9.74. The second-order valence-electron chi connectivity index (χ2n) is 9.83. The standard InChI is InChI=1S/C27H30N2O6/c1-17(12-24(30)29-13-18-14-34-11-10-27(18,16-29)25(31)32)28-26(33)35-15-23-21-8-4-2-6-19(21)20-7-3-5-9-22(20)23/h2-9,17-18,23H,10-16H2,1H3,(H,28,33)(H,31,32)/t17?,18-,27+/m1/s1. The molecule has 2 N–H and O–H groups in total. The number of aliphatic carboxylic acids is 1. The third kappa shape index (κ3) is 4.27. The molecule has 0 bridgehead atoms. The fourth-order valence-corrected chi connectivity index (χ4v) is 5.77. The SMILES string of the molecule is CC(CC(=O)N1C[C@@H]2COCC[C@]2(C(=O)O)C1)NC(=O)OCC1c2ccccc2-c2ccccc21. The Morgan fingerprint density at radius 3 is 2.43 bits per heavy atom.